The van der Waals surface area contributed by atoms with Gasteiger partial charge in [-0.2, -0.15) is 0 Å². The quantitative estimate of drug-likeness (QED) is 0.567. The van der Waals surface area contributed by atoms with Crippen molar-refractivity contribution in [2.24, 2.45) is 0 Å². The van der Waals surface area contributed by atoms with E-state index >= 15 is 0 Å². The minimum absolute atomic E-state index is 0.103. The fraction of sp³-hybridized carbons (Fsp3) is 0.143. The highest BCUT2D eigenvalue weighted by Crippen LogP contribution is 2.03. The molecule has 2 rings (SSSR count). The van der Waals surface area contributed by atoms with Crippen LogP contribution in [0, 0.1) is 0 Å². The van der Waals surface area contributed by atoms with Gasteiger partial charge in [0.25, 0.3) is 0 Å². The SMILES string of the molecule is CC(=O)c1nccn2cnnc12. The first-order chi connectivity index (χ1) is 5.79. The predicted molar refractivity (Wildman–Crippen MR) is 40.8 cm³/mol. The summed E-state index contributed by atoms with van der Waals surface area (Å²) in [4.78, 5) is 14.9. The maximum Gasteiger partial charge on any atom is 0.190 e. The van der Waals surface area contributed by atoms with E-state index < -0.39 is 0 Å². The van der Waals surface area contributed by atoms with Crippen molar-refractivity contribution < 1.29 is 4.79 Å². The Hall–Kier alpha value is -1.78. The van der Waals surface area contributed by atoms with E-state index in [1.165, 1.54) is 13.3 Å². The number of aromatic nitrogens is 4. The van der Waals surface area contributed by atoms with E-state index in [1.807, 2.05) is 0 Å². The van der Waals surface area contributed by atoms with E-state index in [1.54, 1.807) is 16.8 Å². The smallest absolute Gasteiger partial charge is 0.190 e. The number of fused-ring (bicyclic) bond motifs is 1. The molecule has 0 N–H and O–H groups in total. The molecule has 5 heteroatoms. The van der Waals surface area contributed by atoms with Gasteiger partial charge in [0.15, 0.2) is 17.1 Å². The molecule has 0 radical (unpaired) electrons. The highest BCUT2D eigenvalue weighted by Gasteiger charge is 2.07. The van der Waals surface area contributed by atoms with E-state index in [4.69, 9.17) is 0 Å². The average Bonchev–Trinajstić information content (AvgIpc) is 2.49. The van der Waals surface area contributed by atoms with Crippen LogP contribution in [0.15, 0.2) is 18.7 Å². The van der Waals surface area contributed by atoms with Gasteiger partial charge in [-0.05, 0) is 0 Å². The first-order valence-electron chi connectivity index (χ1n) is 3.44. The molecule has 0 amide bonds. The molecule has 2 aromatic rings. The average molecular weight is 162 g/mol. The van der Waals surface area contributed by atoms with Crippen LogP contribution in [0.5, 0.6) is 0 Å². The summed E-state index contributed by atoms with van der Waals surface area (Å²) >= 11 is 0. The third kappa shape index (κ3) is 0.868. The van der Waals surface area contributed by atoms with E-state index in [-0.39, 0.29) is 5.78 Å². The van der Waals surface area contributed by atoms with Crippen molar-refractivity contribution in [3.8, 4) is 0 Å². The van der Waals surface area contributed by atoms with E-state index in [2.05, 4.69) is 15.2 Å². The fourth-order valence-corrected chi connectivity index (χ4v) is 1.01. The summed E-state index contributed by atoms with van der Waals surface area (Å²) in [6.45, 7) is 1.46. The molecule has 0 fully saturated rings. The molecular weight excluding hydrogens is 156 g/mol. The number of Topliss-reactive ketones (excluding diaryl/α,β-unsaturated/α-hetero) is 1. The summed E-state index contributed by atoms with van der Waals surface area (Å²) in [5, 5.41) is 7.43. The van der Waals surface area contributed by atoms with Crippen LogP contribution in [0.3, 0.4) is 0 Å². The lowest BCUT2D eigenvalue weighted by atomic mass is 10.3. The van der Waals surface area contributed by atoms with Gasteiger partial charge < -0.3 is 0 Å². The summed E-state index contributed by atoms with van der Waals surface area (Å²) in [5.74, 6) is -0.103. The molecule has 60 valence electrons. The maximum atomic E-state index is 11.0. The first kappa shape index (κ1) is 6.90. The van der Waals surface area contributed by atoms with E-state index in [9.17, 15) is 4.79 Å². The number of hydrogen-bond acceptors (Lipinski definition) is 4. The Morgan fingerprint density at radius 2 is 2.42 bits per heavy atom. The van der Waals surface area contributed by atoms with Crippen LogP contribution in [0.4, 0.5) is 0 Å². The molecule has 0 saturated heterocycles. The third-order valence-electron chi connectivity index (χ3n) is 1.55. The lowest BCUT2D eigenvalue weighted by Crippen LogP contribution is -2.00. The Kier molecular flexibility index (Phi) is 1.36. The Labute approximate surface area is 68.1 Å². The molecule has 0 atom stereocenters. The summed E-state index contributed by atoms with van der Waals surface area (Å²) in [6.07, 6.45) is 4.78. The van der Waals surface area contributed by atoms with E-state index in [0.29, 0.717) is 11.3 Å². The van der Waals surface area contributed by atoms with Crippen molar-refractivity contribution in [2.45, 2.75) is 6.92 Å². The monoisotopic (exact) mass is 162 g/mol. The van der Waals surface area contributed by atoms with E-state index in [0.717, 1.165) is 0 Å². The van der Waals surface area contributed by atoms with Gasteiger partial charge in [0.05, 0.1) is 0 Å². The Morgan fingerprint density at radius 3 is 3.17 bits per heavy atom. The number of carbonyl (C=O) groups excluding carboxylic acids is 1. The number of rotatable bonds is 1. The second-order valence-corrected chi connectivity index (χ2v) is 2.39. The number of hydrogen-bond donors (Lipinski definition) is 0. The van der Waals surface area contributed by atoms with Gasteiger partial charge >= 0.3 is 0 Å². The van der Waals surface area contributed by atoms with Crippen LogP contribution in [0.2, 0.25) is 0 Å². The van der Waals surface area contributed by atoms with Crippen molar-refractivity contribution in [3.63, 3.8) is 0 Å². The summed E-state index contributed by atoms with van der Waals surface area (Å²) in [6, 6.07) is 0. The van der Waals surface area contributed by atoms with Crippen molar-refractivity contribution in [3.05, 3.63) is 24.4 Å². The van der Waals surface area contributed by atoms with Crippen LogP contribution in [0.1, 0.15) is 17.4 Å². The van der Waals surface area contributed by atoms with Crippen molar-refractivity contribution >= 4 is 11.4 Å². The molecular formula is C7H6N4O. The Balaban J connectivity index is 2.82. The molecule has 0 saturated carbocycles. The largest absolute Gasteiger partial charge is 0.293 e. The lowest BCUT2D eigenvalue weighted by molar-refractivity contribution is 0.101. The summed E-state index contributed by atoms with van der Waals surface area (Å²) < 4.78 is 1.66. The van der Waals surface area contributed by atoms with Crippen molar-refractivity contribution in [2.75, 3.05) is 0 Å². The van der Waals surface area contributed by atoms with Crippen molar-refractivity contribution in [1.82, 2.24) is 19.6 Å². The zero-order valence-corrected chi connectivity index (χ0v) is 6.43. The molecule has 2 aromatic heterocycles. The summed E-state index contributed by atoms with van der Waals surface area (Å²) in [5.41, 5.74) is 0.861. The van der Waals surface area contributed by atoms with Crippen LogP contribution >= 0.6 is 0 Å². The lowest BCUT2D eigenvalue weighted by Gasteiger charge is -1.94. The zero-order chi connectivity index (χ0) is 8.55. The third-order valence-corrected chi connectivity index (χ3v) is 1.55. The number of carbonyl (C=O) groups is 1. The molecule has 12 heavy (non-hydrogen) atoms. The molecule has 2 heterocycles. The maximum absolute atomic E-state index is 11.0. The fourth-order valence-electron chi connectivity index (χ4n) is 1.01. The number of nitrogens with zero attached hydrogens (tertiary/aromatic N) is 4. The minimum atomic E-state index is -0.103. The highest BCUT2D eigenvalue weighted by atomic mass is 16.1. The van der Waals surface area contributed by atoms with Gasteiger partial charge in [0.1, 0.15) is 6.33 Å². The van der Waals surface area contributed by atoms with Crippen LogP contribution in [-0.2, 0) is 0 Å². The Morgan fingerprint density at radius 1 is 1.58 bits per heavy atom. The first-order valence-corrected chi connectivity index (χ1v) is 3.44. The number of ketones is 1. The highest BCUT2D eigenvalue weighted by molar-refractivity contribution is 5.97. The van der Waals surface area contributed by atoms with Crippen LogP contribution < -0.4 is 0 Å². The topological polar surface area (TPSA) is 60.2 Å². The van der Waals surface area contributed by atoms with Gasteiger partial charge in [-0.1, -0.05) is 0 Å². The van der Waals surface area contributed by atoms with Gasteiger partial charge in [0, 0.05) is 19.3 Å². The predicted octanol–water partition coefficient (Wildman–Crippen LogP) is 0.327. The van der Waals surface area contributed by atoms with Crippen LogP contribution in [-0.4, -0.2) is 25.4 Å². The minimum Gasteiger partial charge on any atom is -0.293 e. The molecule has 0 bridgehead atoms. The molecule has 0 aliphatic heterocycles. The molecule has 5 nitrogen and oxygen atoms in total. The Bertz CT molecular complexity index is 434. The van der Waals surface area contributed by atoms with Gasteiger partial charge in [-0.15, -0.1) is 10.2 Å². The van der Waals surface area contributed by atoms with Gasteiger partial charge in [-0.3, -0.25) is 9.20 Å². The van der Waals surface area contributed by atoms with Gasteiger partial charge in [0.2, 0.25) is 0 Å². The van der Waals surface area contributed by atoms with Gasteiger partial charge in [-0.25, -0.2) is 4.98 Å². The molecule has 0 aliphatic rings. The van der Waals surface area contributed by atoms with Crippen molar-refractivity contribution in [1.29, 1.82) is 0 Å². The zero-order valence-electron chi connectivity index (χ0n) is 6.43. The standard InChI is InChI=1S/C7H6N4O/c1-5(12)6-7-10-9-4-11(7)3-2-8-6/h2-4H,1H3. The molecule has 0 spiro atoms. The summed E-state index contributed by atoms with van der Waals surface area (Å²) in [7, 11) is 0. The second-order valence-electron chi connectivity index (χ2n) is 2.39. The molecule has 0 aromatic carbocycles. The normalized spacial score (nSPS) is 10.4. The van der Waals surface area contributed by atoms with Crippen LogP contribution in [0.25, 0.3) is 5.65 Å². The molecule has 0 unspecified atom stereocenters. The molecule has 0 aliphatic carbocycles. The second kappa shape index (κ2) is 2.37.